The Morgan fingerprint density at radius 1 is 0.741 bits per heavy atom. The summed E-state index contributed by atoms with van der Waals surface area (Å²) < 4.78 is 42.3. The van der Waals surface area contributed by atoms with Gasteiger partial charge in [0, 0.05) is 16.5 Å². The number of rotatable bonds is 3. The number of aromatic amines is 1. The summed E-state index contributed by atoms with van der Waals surface area (Å²) in [6.45, 7) is 0. The lowest BCUT2D eigenvalue weighted by Crippen LogP contribution is -2.11. The van der Waals surface area contributed by atoms with Gasteiger partial charge in [-0.05, 0) is 23.3 Å². The molecular formula is C23H16F3N. The molecule has 4 rings (SSSR count). The summed E-state index contributed by atoms with van der Waals surface area (Å²) in [6.07, 6.45) is -3.29. The molecular weight excluding hydrogens is 347 g/mol. The molecule has 0 radical (unpaired) electrons. The van der Waals surface area contributed by atoms with Crippen molar-refractivity contribution in [1.29, 1.82) is 0 Å². The van der Waals surface area contributed by atoms with Gasteiger partial charge in [-0.2, -0.15) is 13.2 Å². The van der Waals surface area contributed by atoms with Crippen LogP contribution in [-0.4, -0.2) is 11.2 Å². The van der Waals surface area contributed by atoms with Crippen molar-refractivity contribution >= 4 is 22.6 Å². The van der Waals surface area contributed by atoms with Crippen LogP contribution in [0.2, 0.25) is 0 Å². The van der Waals surface area contributed by atoms with E-state index >= 15 is 0 Å². The number of alkyl halides is 3. The number of fused-ring (bicyclic) bond motifs is 1. The minimum absolute atomic E-state index is 0.174. The summed E-state index contributed by atoms with van der Waals surface area (Å²) in [6, 6.07) is 24.8. The fourth-order valence-electron chi connectivity index (χ4n) is 3.25. The fraction of sp³-hybridized carbons (Fsp3) is 0.0435. The summed E-state index contributed by atoms with van der Waals surface area (Å²) >= 11 is 0. The minimum atomic E-state index is -4.50. The molecule has 1 N–H and O–H groups in total. The van der Waals surface area contributed by atoms with Crippen molar-refractivity contribution in [2.75, 3.05) is 0 Å². The van der Waals surface area contributed by atoms with Crippen molar-refractivity contribution in [3.8, 4) is 11.3 Å². The molecule has 0 aliphatic heterocycles. The number of halogens is 3. The van der Waals surface area contributed by atoms with Crippen molar-refractivity contribution in [1.82, 2.24) is 4.98 Å². The number of para-hydroxylation sites is 1. The van der Waals surface area contributed by atoms with Crippen LogP contribution in [0.4, 0.5) is 13.2 Å². The number of nitrogens with one attached hydrogen (secondary N) is 1. The van der Waals surface area contributed by atoms with E-state index in [0.717, 1.165) is 0 Å². The molecule has 134 valence electrons. The first-order valence-electron chi connectivity index (χ1n) is 8.54. The van der Waals surface area contributed by atoms with Crippen LogP contribution in [0.5, 0.6) is 0 Å². The van der Waals surface area contributed by atoms with E-state index in [0.29, 0.717) is 27.7 Å². The Kier molecular flexibility index (Phi) is 4.32. The Labute approximate surface area is 154 Å². The van der Waals surface area contributed by atoms with Gasteiger partial charge in [0.15, 0.2) is 0 Å². The predicted molar refractivity (Wildman–Crippen MR) is 104 cm³/mol. The second-order valence-corrected chi connectivity index (χ2v) is 6.25. The van der Waals surface area contributed by atoms with Crippen molar-refractivity contribution in [2.24, 2.45) is 0 Å². The molecule has 0 atom stereocenters. The molecule has 0 aliphatic carbocycles. The molecule has 0 bridgehead atoms. The van der Waals surface area contributed by atoms with Crippen LogP contribution in [0, 0.1) is 0 Å². The van der Waals surface area contributed by atoms with Gasteiger partial charge < -0.3 is 4.98 Å². The summed E-state index contributed by atoms with van der Waals surface area (Å²) in [5, 5.41) is 0.552. The standard InChI is InChI=1S/C23H16F3N/c24-23(25,26)19(15-16-9-3-1-4-10-16)21-18-13-7-8-14-20(18)27-22(21)17-11-5-2-6-12-17/h1-15,27H. The molecule has 0 fully saturated rings. The zero-order valence-corrected chi connectivity index (χ0v) is 14.3. The zero-order chi connectivity index (χ0) is 18.9. The number of hydrogen-bond acceptors (Lipinski definition) is 0. The van der Waals surface area contributed by atoms with E-state index in [4.69, 9.17) is 0 Å². The second-order valence-electron chi connectivity index (χ2n) is 6.25. The zero-order valence-electron chi connectivity index (χ0n) is 14.3. The summed E-state index contributed by atoms with van der Waals surface area (Å²) in [5.41, 5.74) is 1.88. The maximum Gasteiger partial charge on any atom is 0.417 e. The van der Waals surface area contributed by atoms with Gasteiger partial charge >= 0.3 is 6.18 Å². The van der Waals surface area contributed by atoms with Gasteiger partial charge in [-0.1, -0.05) is 78.9 Å². The highest BCUT2D eigenvalue weighted by molar-refractivity contribution is 6.04. The summed E-state index contributed by atoms with van der Waals surface area (Å²) in [4.78, 5) is 3.18. The number of aromatic nitrogens is 1. The number of allylic oxidation sites excluding steroid dienone is 1. The molecule has 4 aromatic rings. The minimum Gasteiger partial charge on any atom is -0.354 e. The normalized spacial score (nSPS) is 12.5. The molecule has 3 aromatic carbocycles. The van der Waals surface area contributed by atoms with Gasteiger partial charge in [0.05, 0.1) is 11.3 Å². The van der Waals surface area contributed by atoms with E-state index in [2.05, 4.69) is 4.98 Å². The van der Waals surface area contributed by atoms with Gasteiger partial charge in [-0.25, -0.2) is 0 Å². The molecule has 1 nitrogen and oxygen atoms in total. The van der Waals surface area contributed by atoms with Crippen molar-refractivity contribution in [3.05, 3.63) is 96.1 Å². The third-order valence-corrected chi connectivity index (χ3v) is 4.45. The van der Waals surface area contributed by atoms with E-state index in [1.54, 1.807) is 48.5 Å². The molecule has 4 heteroatoms. The maximum absolute atomic E-state index is 14.1. The Morgan fingerprint density at radius 2 is 1.33 bits per heavy atom. The highest BCUT2D eigenvalue weighted by atomic mass is 19.4. The summed E-state index contributed by atoms with van der Waals surface area (Å²) in [5.74, 6) is 0. The Morgan fingerprint density at radius 3 is 2.00 bits per heavy atom. The van der Waals surface area contributed by atoms with Gasteiger partial charge in [-0.15, -0.1) is 0 Å². The Balaban J connectivity index is 2.04. The third-order valence-electron chi connectivity index (χ3n) is 4.45. The third kappa shape index (κ3) is 3.38. The Bertz CT molecular complexity index is 1090. The summed E-state index contributed by atoms with van der Waals surface area (Å²) in [7, 11) is 0. The smallest absolute Gasteiger partial charge is 0.354 e. The van der Waals surface area contributed by atoms with Crippen LogP contribution >= 0.6 is 0 Å². The lowest BCUT2D eigenvalue weighted by molar-refractivity contribution is -0.0682. The van der Waals surface area contributed by atoms with Crippen molar-refractivity contribution in [2.45, 2.75) is 6.18 Å². The first-order valence-corrected chi connectivity index (χ1v) is 8.54. The van der Waals surface area contributed by atoms with Gasteiger partial charge in [0.1, 0.15) is 0 Å². The van der Waals surface area contributed by atoms with Crippen LogP contribution in [0.3, 0.4) is 0 Å². The van der Waals surface area contributed by atoms with Crippen LogP contribution in [0.1, 0.15) is 11.1 Å². The first-order chi connectivity index (χ1) is 13.0. The van der Waals surface area contributed by atoms with E-state index in [1.165, 1.54) is 6.08 Å². The molecule has 0 spiro atoms. The number of hydrogen-bond donors (Lipinski definition) is 1. The largest absolute Gasteiger partial charge is 0.417 e. The average Bonchev–Trinajstić information content (AvgIpc) is 3.06. The van der Waals surface area contributed by atoms with Crippen LogP contribution < -0.4 is 0 Å². The molecule has 0 unspecified atom stereocenters. The van der Waals surface area contributed by atoms with E-state index < -0.39 is 11.7 Å². The van der Waals surface area contributed by atoms with E-state index in [1.807, 2.05) is 36.4 Å². The van der Waals surface area contributed by atoms with E-state index in [9.17, 15) is 13.2 Å². The lowest BCUT2D eigenvalue weighted by atomic mass is 9.96. The molecule has 0 amide bonds. The average molecular weight is 363 g/mol. The van der Waals surface area contributed by atoms with E-state index in [-0.39, 0.29) is 5.56 Å². The fourth-order valence-corrected chi connectivity index (χ4v) is 3.25. The van der Waals surface area contributed by atoms with Crippen LogP contribution in [0.25, 0.3) is 33.8 Å². The highest BCUT2D eigenvalue weighted by Crippen LogP contribution is 2.43. The maximum atomic E-state index is 14.1. The van der Waals surface area contributed by atoms with Gasteiger partial charge in [0.2, 0.25) is 0 Å². The quantitative estimate of drug-likeness (QED) is 0.406. The molecule has 27 heavy (non-hydrogen) atoms. The predicted octanol–water partition coefficient (Wildman–Crippen LogP) is 6.94. The Hall–Kier alpha value is -3.27. The van der Waals surface area contributed by atoms with Crippen molar-refractivity contribution in [3.63, 3.8) is 0 Å². The molecule has 1 aromatic heterocycles. The molecule has 0 saturated heterocycles. The van der Waals surface area contributed by atoms with Crippen molar-refractivity contribution < 1.29 is 13.2 Å². The highest BCUT2D eigenvalue weighted by Gasteiger charge is 2.37. The van der Waals surface area contributed by atoms with Crippen LogP contribution in [0.15, 0.2) is 84.9 Å². The number of H-pyrrole nitrogens is 1. The molecule has 0 aliphatic rings. The molecule has 0 saturated carbocycles. The lowest BCUT2D eigenvalue weighted by Gasteiger charge is -2.14. The number of benzene rings is 3. The second kappa shape index (κ2) is 6.80. The topological polar surface area (TPSA) is 15.8 Å². The first kappa shape index (κ1) is 17.2. The van der Waals surface area contributed by atoms with Gasteiger partial charge in [0.25, 0.3) is 0 Å². The van der Waals surface area contributed by atoms with Crippen LogP contribution in [-0.2, 0) is 0 Å². The van der Waals surface area contributed by atoms with Gasteiger partial charge in [-0.3, -0.25) is 0 Å². The molecule has 1 heterocycles. The monoisotopic (exact) mass is 363 g/mol. The SMILES string of the molecule is FC(F)(F)C(=Cc1ccccc1)c1c(-c2ccccc2)[nH]c2ccccc12.